The summed E-state index contributed by atoms with van der Waals surface area (Å²) in [5.41, 5.74) is 4.83. The molecule has 0 radical (unpaired) electrons. The van der Waals surface area contributed by atoms with Crippen molar-refractivity contribution in [2.24, 2.45) is 0 Å². The van der Waals surface area contributed by atoms with Crippen LogP contribution in [0, 0.1) is 0 Å². The molecule has 0 saturated heterocycles. The fourth-order valence-electron chi connectivity index (χ4n) is 3.13. The van der Waals surface area contributed by atoms with E-state index in [9.17, 15) is 4.79 Å². The van der Waals surface area contributed by atoms with E-state index in [1.54, 1.807) is 11.8 Å². The number of fused-ring (bicyclic) bond motifs is 2. The lowest BCUT2D eigenvalue weighted by Gasteiger charge is -2.14. The van der Waals surface area contributed by atoms with Gasteiger partial charge in [0.2, 0.25) is 5.91 Å². The van der Waals surface area contributed by atoms with Gasteiger partial charge in [0.15, 0.2) is 0 Å². The third-order valence-electron chi connectivity index (χ3n) is 4.65. The van der Waals surface area contributed by atoms with E-state index >= 15 is 0 Å². The van der Waals surface area contributed by atoms with Crippen LogP contribution in [0.1, 0.15) is 19.4 Å². The zero-order chi connectivity index (χ0) is 16.2. The second-order valence-electron chi connectivity index (χ2n) is 6.48. The highest BCUT2D eigenvalue weighted by Gasteiger charge is 2.38. The molecule has 0 aliphatic carbocycles. The Morgan fingerprint density at radius 2 is 1.78 bits per heavy atom. The summed E-state index contributed by atoms with van der Waals surface area (Å²) >= 11 is 1.74. The molecule has 4 rings (SSSR count). The van der Waals surface area contributed by atoms with Crippen LogP contribution >= 0.6 is 11.8 Å². The minimum atomic E-state index is -0.471. The Kier molecular flexibility index (Phi) is 3.07. The van der Waals surface area contributed by atoms with Gasteiger partial charge < -0.3 is 10.3 Å². The Morgan fingerprint density at radius 3 is 2.48 bits per heavy atom. The molecule has 0 unspecified atom stereocenters. The molecule has 0 saturated carbocycles. The quantitative estimate of drug-likeness (QED) is 0.667. The molecule has 3 nitrogen and oxygen atoms in total. The van der Waals surface area contributed by atoms with Crippen LogP contribution in [0.3, 0.4) is 0 Å². The number of aromatic nitrogens is 1. The number of H-pyrrole nitrogens is 1. The van der Waals surface area contributed by atoms with E-state index in [1.807, 2.05) is 19.9 Å². The summed E-state index contributed by atoms with van der Waals surface area (Å²) in [5.74, 6) is 0.0630. The molecule has 1 aliphatic heterocycles. The first-order chi connectivity index (χ1) is 11.0. The standard InChI is InChI=1S/C19H18N2OS/c1-19(2)14-8-12-9-15(11-4-6-13(23-3)7-5-11)20-16(12)10-17(14)21-18(19)22/h4-10,20H,1-3H3,(H,21,22). The highest BCUT2D eigenvalue weighted by molar-refractivity contribution is 7.98. The zero-order valence-corrected chi connectivity index (χ0v) is 14.2. The van der Waals surface area contributed by atoms with Crippen LogP contribution in [0.2, 0.25) is 0 Å². The molecular formula is C19H18N2OS. The van der Waals surface area contributed by atoms with E-state index in [2.05, 4.69) is 53.0 Å². The molecule has 2 aromatic carbocycles. The van der Waals surface area contributed by atoms with Gasteiger partial charge in [-0.3, -0.25) is 4.79 Å². The predicted octanol–water partition coefficient (Wildman–Crippen LogP) is 4.79. The second kappa shape index (κ2) is 4.90. The average Bonchev–Trinajstić information content (AvgIpc) is 3.05. The maximum atomic E-state index is 12.1. The number of nitrogens with one attached hydrogen (secondary N) is 2. The maximum absolute atomic E-state index is 12.1. The number of carbonyl (C=O) groups is 1. The molecule has 2 heterocycles. The zero-order valence-electron chi connectivity index (χ0n) is 13.4. The summed E-state index contributed by atoms with van der Waals surface area (Å²) in [6.45, 7) is 3.93. The smallest absolute Gasteiger partial charge is 0.234 e. The Labute approximate surface area is 139 Å². The molecule has 116 valence electrons. The number of hydrogen-bond donors (Lipinski definition) is 2. The van der Waals surface area contributed by atoms with Gasteiger partial charge in [0.05, 0.1) is 5.41 Å². The molecule has 4 heteroatoms. The van der Waals surface area contributed by atoms with E-state index in [0.29, 0.717) is 0 Å². The molecule has 2 N–H and O–H groups in total. The van der Waals surface area contributed by atoms with E-state index in [4.69, 9.17) is 0 Å². The molecule has 3 aromatic rings. The van der Waals surface area contributed by atoms with Crippen molar-refractivity contribution >= 4 is 34.3 Å². The van der Waals surface area contributed by atoms with Crippen molar-refractivity contribution in [1.82, 2.24) is 4.98 Å². The fraction of sp³-hybridized carbons (Fsp3) is 0.211. The first-order valence-electron chi connectivity index (χ1n) is 7.62. The van der Waals surface area contributed by atoms with Gasteiger partial charge in [-0.15, -0.1) is 11.8 Å². The minimum Gasteiger partial charge on any atom is -0.354 e. The SMILES string of the molecule is CSc1ccc(-c2cc3cc4c(cc3[nH]2)NC(=O)C4(C)C)cc1. The predicted molar refractivity (Wildman–Crippen MR) is 97.2 cm³/mol. The van der Waals surface area contributed by atoms with Crippen molar-refractivity contribution in [2.75, 3.05) is 11.6 Å². The third-order valence-corrected chi connectivity index (χ3v) is 5.39. The van der Waals surface area contributed by atoms with Crippen LogP contribution in [0.15, 0.2) is 47.4 Å². The van der Waals surface area contributed by atoms with Crippen LogP contribution in [0.4, 0.5) is 5.69 Å². The number of hydrogen-bond acceptors (Lipinski definition) is 2. The first-order valence-corrected chi connectivity index (χ1v) is 8.84. The normalized spacial score (nSPS) is 15.7. The lowest BCUT2D eigenvalue weighted by atomic mass is 9.86. The number of anilines is 1. The highest BCUT2D eigenvalue weighted by atomic mass is 32.2. The monoisotopic (exact) mass is 322 g/mol. The summed E-state index contributed by atoms with van der Waals surface area (Å²) in [7, 11) is 0. The summed E-state index contributed by atoms with van der Waals surface area (Å²) < 4.78 is 0. The molecule has 0 bridgehead atoms. The molecule has 1 aliphatic rings. The van der Waals surface area contributed by atoms with Crippen molar-refractivity contribution in [1.29, 1.82) is 0 Å². The Bertz CT molecular complexity index is 922. The Morgan fingerprint density at radius 1 is 1.04 bits per heavy atom. The van der Waals surface area contributed by atoms with Crippen LogP contribution in [0.5, 0.6) is 0 Å². The largest absolute Gasteiger partial charge is 0.354 e. The van der Waals surface area contributed by atoms with Crippen molar-refractivity contribution < 1.29 is 4.79 Å². The van der Waals surface area contributed by atoms with Crippen molar-refractivity contribution in [3.63, 3.8) is 0 Å². The number of rotatable bonds is 2. The van der Waals surface area contributed by atoms with Crippen LogP contribution in [-0.2, 0) is 10.2 Å². The van der Waals surface area contributed by atoms with E-state index < -0.39 is 5.41 Å². The number of thioether (sulfide) groups is 1. The van der Waals surface area contributed by atoms with Crippen LogP contribution < -0.4 is 5.32 Å². The molecule has 1 aromatic heterocycles. The fourth-order valence-corrected chi connectivity index (χ4v) is 3.54. The number of aromatic amines is 1. The average molecular weight is 322 g/mol. The van der Waals surface area contributed by atoms with Crippen molar-refractivity contribution in [3.8, 4) is 11.3 Å². The van der Waals surface area contributed by atoms with Crippen LogP contribution in [-0.4, -0.2) is 17.1 Å². The molecular weight excluding hydrogens is 304 g/mol. The van der Waals surface area contributed by atoms with Crippen LogP contribution in [0.25, 0.3) is 22.2 Å². The summed E-state index contributed by atoms with van der Waals surface area (Å²) in [4.78, 5) is 16.8. The Hall–Kier alpha value is -2.20. The molecule has 1 amide bonds. The van der Waals surface area contributed by atoms with Gasteiger partial charge in [0, 0.05) is 27.2 Å². The lowest BCUT2D eigenvalue weighted by molar-refractivity contribution is -0.119. The van der Waals surface area contributed by atoms with Gasteiger partial charge >= 0.3 is 0 Å². The molecule has 23 heavy (non-hydrogen) atoms. The summed E-state index contributed by atoms with van der Waals surface area (Å²) in [5, 5.41) is 4.12. The topological polar surface area (TPSA) is 44.9 Å². The van der Waals surface area contributed by atoms with Gasteiger partial charge in [-0.2, -0.15) is 0 Å². The molecule has 0 spiro atoms. The van der Waals surface area contributed by atoms with Gasteiger partial charge in [-0.25, -0.2) is 0 Å². The summed E-state index contributed by atoms with van der Waals surface area (Å²) in [6, 6.07) is 14.9. The second-order valence-corrected chi connectivity index (χ2v) is 7.36. The Balaban J connectivity index is 1.82. The minimum absolute atomic E-state index is 0.0630. The first kappa shape index (κ1) is 14.4. The van der Waals surface area contributed by atoms with Gasteiger partial charge in [0.1, 0.15) is 0 Å². The maximum Gasteiger partial charge on any atom is 0.234 e. The summed E-state index contributed by atoms with van der Waals surface area (Å²) in [6.07, 6.45) is 2.08. The number of carbonyl (C=O) groups excluding carboxylic acids is 1. The molecule has 0 fully saturated rings. The van der Waals surface area contributed by atoms with Gasteiger partial charge in [-0.05, 0) is 61.6 Å². The number of benzene rings is 2. The van der Waals surface area contributed by atoms with Crippen molar-refractivity contribution in [3.05, 3.63) is 48.0 Å². The van der Waals surface area contributed by atoms with Gasteiger partial charge in [-0.1, -0.05) is 12.1 Å². The highest BCUT2D eigenvalue weighted by Crippen LogP contribution is 2.40. The third kappa shape index (κ3) is 2.17. The lowest BCUT2D eigenvalue weighted by Crippen LogP contribution is -2.26. The van der Waals surface area contributed by atoms with Gasteiger partial charge in [0.25, 0.3) is 0 Å². The van der Waals surface area contributed by atoms with E-state index in [-0.39, 0.29) is 5.91 Å². The number of amides is 1. The van der Waals surface area contributed by atoms with E-state index in [0.717, 1.165) is 27.8 Å². The molecule has 0 atom stereocenters. The van der Waals surface area contributed by atoms with Crippen molar-refractivity contribution in [2.45, 2.75) is 24.2 Å². The van der Waals surface area contributed by atoms with E-state index in [1.165, 1.54) is 10.5 Å².